The summed E-state index contributed by atoms with van der Waals surface area (Å²) >= 11 is 0. The number of guanidine groups is 1. The Bertz CT molecular complexity index is 654. The monoisotopic (exact) mass is 415 g/mol. The maximum atomic E-state index is 5.34. The van der Waals surface area contributed by atoms with Gasteiger partial charge in [0, 0.05) is 38.8 Å². The first-order valence-electron chi connectivity index (χ1n) is 11.7. The summed E-state index contributed by atoms with van der Waals surface area (Å²) in [5, 5.41) is 7.31. The van der Waals surface area contributed by atoms with Gasteiger partial charge in [0.05, 0.1) is 7.11 Å². The molecule has 6 heteroatoms. The van der Waals surface area contributed by atoms with Crippen molar-refractivity contribution in [1.82, 2.24) is 20.4 Å². The molecule has 0 aromatic heterocycles. The molecule has 0 spiro atoms. The SMILES string of the molecule is CCCN1CCC(NC(=NC)NCC2CCCN(C)C2c2ccc(OC)cc2)CC1. The average Bonchev–Trinajstić information content (AvgIpc) is 2.78. The van der Waals surface area contributed by atoms with Gasteiger partial charge in [-0.25, -0.2) is 0 Å². The molecule has 2 saturated heterocycles. The summed E-state index contributed by atoms with van der Waals surface area (Å²) in [5.74, 6) is 2.43. The Labute approximate surface area is 183 Å². The molecule has 2 aliphatic heterocycles. The lowest BCUT2D eigenvalue weighted by Crippen LogP contribution is -2.50. The fraction of sp³-hybridized carbons (Fsp3) is 0.708. The van der Waals surface area contributed by atoms with E-state index in [0.717, 1.165) is 24.8 Å². The van der Waals surface area contributed by atoms with Crippen LogP contribution >= 0.6 is 0 Å². The lowest BCUT2D eigenvalue weighted by atomic mass is 9.85. The molecule has 168 valence electrons. The van der Waals surface area contributed by atoms with Crippen molar-refractivity contribution >= 4 is 5.96 Å². The Morgan fingerprint density at radius 3 is 2.50 bits per heavy atom. The van der Waals surface area contributed by atoms with E-state index >= 15 is 0 Å². The number of nitrogens with one attached hydrogen (secondary N) is 2. The summed E-state index contributed by atoms with van der Waals surface area (Å²) in [4.78, 5) is 9.58. The summed E-state index contributed by atoms with van der Waals surface area (Å²) in [6.45, 7) is 7.95. The van der Waals surface area contributed by atoms with Crippen LogP contribution in [0.2, 0.25) is 0 Å². The van der Waals surface area contributed by atoms with Crippen LogP contribution in [-0.4, -0.2) is 75.7 Å². The van der Waals surface area contributed by atoms with Crippen LogP contribution in [0.15, 0.2) is 29.3 Å². The third-order valence-corrected chi connectivity index (χ3v) is 6.69. The zero-order valence-electron chi connectivity index (χ0n) is 19.4. The van der Waals surface area contributed by atoms with Crippen molar-refractivity contribution < 1.29 is 4.74 Å². The second-order valence-electron chi connectivity index (χ2n) is 8.81. The molecule has 0 saturated carbocycles. The summed E-state index contributed by atoms with van der Waals surface area (Å²) in [6, 6.07) is 9.54. The average molecular weight is 416 g/mol. The van der Waals surface area contributed by atoms with Crippen LogP contribution in [0.1, 0.15) is 50.6 Å². The van der Waals surface area contributed by atoms with E-state index in [1.165, 1.54) is 57.3 Å². The molecule has 30 heavy (non-hydrogen) atoms. The number of methoxy groups -OCH3 is 1. The minimum Gasteiger partial charge on any atom is -0.497 e. The van der Waals surface area contributed by atoms with Crippen molar-refractivity contribution in [3.8, 4) is 5.75 Å². The number of likely N-dealkylation sites (tertiary alicyclic amines) is 2. The van der Waals surface area contributed by atoms with E-state index in [4.69, 9.17) is 4.74 Å². The quantitative estimate of drug-likeness (QED) is 0.529. The van der Waals surface area contributed by atoms with E-state index in [-0.39, 0.29) is 0 Å². The zero-order valence-corrected chi connectivity index (χ0v) is 19.4. The van der Waals surface area contributed by atoms with Crippen LogP contribution in [-0.2, 0) is 0 Å². The molecular weight excluding hydrogens is 374 g/mol. The van der Waals surface area contributed by atoms with E-state index in [9.17, 15) is 0 Å². The largest absolute Gasteiger partial charge is 0.497 e. The van der Waals surface area contributed by atoms with Crippen LogP contribution < -0.4 is 15.4 Å². The molecule has 2 fully saturated rings. The van der Waals surface area contributed by atoms with Crippen molar-refractivity contribution in [2.45, 2.75) is 51.1 Å². The van der Waals surface area contributed by atoms with Gasteiger partial charge in [-0.15, -0.1) is 0 Å². The number of piperidine rings is 2. The number of rotatable bonds is 7. The van der Waals surface area contributed by atoms with Gasteiger partial charge in [-0.1, -0.05) is 19.1 Å². The van der Waals surface area contributed by atoms with Crippen LogP contribution in [0.5, 0.6) is 5.75 Å². The van der Waals surface area contributed by atoms with E-state index in [1.807, 2.05) is 7.05 Å². The normalized spacial score (nSPS) is 24.6. The van der Waals surface area contributed by atoms with Crippen molar-refractivity contribution in [3.63, 3.8) is 0 Å². The number of hydrogen-bond acceptors (Lipinski definition) is 4. The molecule has 0 aliphatic carbocycles. The highest BCUT2D eigenvalue weighted by Crippen LogP contribution is 2.35. The molecule has 2 aliphatic rings. The second kappa shape index (κ2) is 11.6. The predicted octanol–water partition coefficient (Wildman–Crippen LogP) is 3.12. The van der Waals surface area contributed by atoms with Crippen LogP contribution in [0.3, 0.4) is 0 Å². The van der Waals surface area contributed by atoms with E-state index in [0.29, 0.717) is 18.0 Å². The van der Waals surface area contributed by atoms with Crippen molar-refractivity contribution in [2.75, 3.05) is 53.9 Å². The summed E-state index contributed by atoms with van der Waals surface area (Å²) < 4.78 is 5.34. The number of benzene rings is 1. The lowest BCUT2D eigenvalue weighted by molar-refractivity contribution is 0.122. The fourth-order valence-corrected chi connectivity index (χ4v) is 5.03. The number of hydrogen-bond donors (Lipinski definition) is 2. The van der Waals surface area contributed by atoms with E-state index in [1.54, 1.807) is 7.11 Å². The molecule has 1 aromatic carbocycles. The molecule has 1 aromatic rings. The van der Waals surface area contributed by atoms with Gasteiger partial charge in [-0.3, -0.25) is 9.89 Å². The lowest BCUT2D eigenvalue weighted by Gasteiger charge is -2.40. The first-order valence-corrected chi connectivity index (χ1v) is 11.7. The summed E-state index contributed by atoms with van der Waals surface area (Å²) in [5.41, 5.74) is 1.37. The molecule has 2 N–H and O–H groups in total. The van der Waals surface area contributed by atoms with E-state index < -0.39 is 0 Å². The van der Waals surface area contributed by atoms with Crippen LogP contribution in [0, 0.1) is 5.92 Å². The van der Waals surface area contributed by atoms with Crippen LogP contribution in [0.4, 0.5) is 0 Å². The Balaban J connectivity index is 1.55. The Morgan fingerprint density at radius 1 is 1.13 bits per heavy atom. The molecule has 0 bridgehead atoms. The molecule has 3 rings (SSSR count). The van der Waals surface area contributed by atoms with Gasteiger partial charge in [0.15, 0.2) is 5.96 Å². The fourth-order valence-electron chi connectivity index (χ4n) is 5.03. The minimum atomic E-state index is 0.424. The third-order valence-electron chi connectivity index (χ3n) is 6.69. The summed E-state index contributed by atoms with van der Waals surface area (Å²) in [6.07, 6.45) is 6.12. The highest BCUT2D eigenvalue weighted by Gasteiger charge is 2.30. The molecule has 0 radical (unpaired) electrons. The predicted molar refractivity (Wildman–Crippen MR) is 125 cm³/mol. The molecule has 2 heterocycles. The maximum Gasteiger partial charge on any atom is 0.191 e. The molecular formula is C24H41N5O. The number of nitrogens with zero attached hydrogens (tertiary/aromatic N) is 3. The van der Waals surface area contributed by atoms with Gasteiger partial charge >= 0.3 is 0 Å². The topological polar surface area (TPSA) is 52.1 Å². The Morgan fingerprint density at radius 2 is 1.87 bits per heavy atom. The van der Waals surface area contributed by atoms with Gasteiger partial charge in [0.2, 0.25) is 0 Å². The smallest absolute Gasteiger partial charge is 0.191 e. The third kappa shape index (κ3) is 6.11. The number of ether oxygens (including phenoxy) is 1. The zero-order chi connectivity index (χ0) is 21.3. The van der Waals surface area contributed by atoms with Gasteiger partial charge in [-0.2, -0.15) is 0 Å². The summed E-state index contributed by atoms with van der Waals surface area (Å²) in [7, 11) is 5.86. The first kappa shape index (κ1) is 22.9. The van der Waals surface area contributed by atoms with Gasteiger partial charge in [-0.05, 0) is 75.9 Å². The molecule has 2 unspecified atom stereocenters. The first-order chi connectivity index (χ1) is 14.6. The maximum absolute atomic E-state index is 5.34. The number of aliphatic imine (C=N–C) groups is 1. The van der Waals surface area contributed by atoms with Gasteiger partial charge in [0.1, 0.15) is 5.75 Å². The minimum absolute atomic E-state index is 0.424. The van der Waals surface area contributed by atoms with Gasteiger partial charge in [0.25, 0.3) is 0 Å². The Kier molecular flexibility index (Phi) is 8.82. The van der Waals surface area contributed by atoms with Crippen LogP contribution in [0.25, 0.3) is 0 Å². The van der Waals surface area contributed by atoms with Crippen molar-refractivity contribution in [1.29, 1.82) is 0 Å². The van der Waals surface area contributed by atoms with Gasteiger partial charge < -0.3 is 20.3 Å². The standard InChI is InChI=1S/C24H41N5O/c1-5-14-29-16-12-21(13-17-29)27-24(25-2)26-18-20-7-6-15-28(3)23(20)19-8-10-22(30-4)11-9-19/h8-11,20-21,23H,5-7,12-18H2,1-4H3,(H2,25,26,27). The highest BCUT2D eigenvalue weighted by molar-refractivity contribution is 5.80. The van der Waals surface area contributed by atoms with E-state index in [2.05, 4.69) is 63.7 Å². The second-order valence-corrected chi connectivity index (χ2v) is 8.81. The van der Waals surface area contributed by atoms with Crippen molar-refractivity contribution in [3.05, 3.63) is 29.8 Å². The molecule has 0 amide bonds. The molecule has 6 nitrogen and oxygen atoms in total. The van der Waals surface area contributed by atoms with Crippen molar-refractivity contribution in [2.24, 2.45) is 10.9 Å². The molecule has 2 atom stereocenters. The highest BCUT2D eigenvalue weighted by atomic mass is 16.5. The Hall–Kier alpha value is -1.79.